The highest BCUT2D eigenvalue weighted by atomic mass is 32.2. The molecule has 1 N–H and O–H groups in total. The molecule has 0 spiro atoms. The van der Waals surface area contributed by atoms with E-state index in [1.807, 2.05) is 11.8 Å². The lowest BCUT2D eigenvalue weighted by Gasteiger charge is -2.39. The van der Waals surface area contributed by atoms with E-state index in [1.165, 1.54) is 37.9 Å². The topological polar surface area (TPSA) is 12.0 Å². The van der Waals surface area contributed by atoms with Crippen molar-refractivity contribution in [1.29, 1.82) is 0 Å². The van der Waals surface area contributed by atoms with E-state index in [9.17, 15) is 0 Å². The summed E-state index contributed by atoms with van der Waals surface area (Å²) in [7, 11) is 0. The molecule has 0 aromatic rings. The molecule has 2 heteroatoms. The first kappa shape index (κ1) is 15.4. The first-order chi connectivity index (χ1) is 7.99. The summed E-state index contributed by atoms with van der Waals surface area (Å²) in [4.78, 5) is 0. The Hall–Kier alpha value is 0.310. The molecule has 17 heavy (non-hydrogen) atoms. The second-order valence-corrected chi connectivity index (χ2v) is 7.32. The first-order valence-electron chi connectivity index (χ1n) is 7.24. The van der Waals surface area contributed by atoms with Gasteiger partial charge in [-0.3, -0.25) is 0 Å². The van der Waals surface area contributed by atoms with Crippen molar-refractivity contribution in [2.45, 2.75) is 71.9 Å². The Morgan fingerprint density at radius 3 is 2.29 bits per heavy atom. The van der Waals surface area contributed by atoms with Gasteiger partial charge < -0.3 is 5.32 Å². The number of nitrogens with one attached hydrogen (secondary N) is 1. The summed E-state index contributed by atoms with van der Waals surface area (Å²) < 4.78 is 0. The zero-order chi connectivity index (χ0) is 12.9. The van der Waals surface area contributed by atoms with E-state index >= 15 is 0 Å². The molecule has 1 nitrogen and oxygen atoms in total. The highest BCUT2D eigenvalue weighted by molar-refractivity contribution is 7.98. The van der Waals surface area contributed by atoms with Gasteiger partial charge in [0, 0.05) is 17.8 Å². The average Bonchev–Trinajstić information content (AvgIpc) is 2.30. The average molecular weight is 257 g/mol. The molecule has 0 bridgehead atoms. The number of hydrogen-bond acceptors (Lipinski definition) is 2. The quantitative estimate of drug-likeness (QED) is 0.760. The minimum Gasteiger partial charge on any atom is -0.311 e. The van der Waals surface area contributed by atoms with E-state index in [-0.39, 0.29) is 0 Å². The molecule has 0 aromatic carbocycles. The molecule has 1 aliphatic carbocycles. The summed E-state index contributed by atoms with van der Waals surface area (Å²) in [6.07, 6.45) is 9.12. The maximum atomic E-state index is 3.79. The van der Waals surface area contributed by atoms with Crippen molar-refractivity contribution in [3.63, 3.8) is 0 Å². The van der Waals surface area contributed by atoms with Crippen LogP contribution in [0.4, 0.5) is 0 Å². The SMILES string of the molecule is CCC(C)(C)C1CCC(NC(C)CSC)CC1. The monoisotopic (exact) mass is 257 g/mol. The van der Waals surface area contributed by atoms with Crippen LogP contribution in [0.5, 0.6) is 0 Å². The van der Waals surface area contributed by atoms with Gasteiger partial charge in [0.1, 0.15) is 0 Å². The highest BCUT2D eigenvalue weighted by Gasteiger charge is 2.31. The molecule has 1 aliphatic rings. The van der Waals surface area contributed by atoms with Crippen LogP contribution in [-0.4, -0.2) is 24.1 Å². The van der Waals surface area contributed by atoms with Crippen molar-refractivity contribution in [2.75, 3.05) is 12.0 Å². The Balaban J connectivity index is 2.31. The molecule has 0 aliphatic heterocycles. The van der Waals surface area contributed by atoms with Crippen LogP contribution in [0.15, 0.2) is 0 Å². The summed E-state index contributed by atoms with van der Waals surface area (Å²) in [5, 5.41) is 3.79. The lowest BCUT2D eigenvalue weighted by Crippen LogP contribution is -2.41. The largest absolute Gasteiger partial charge is 0.311 e. The van der Waals surface area contributed by atoms with Crippen LogP contribution in [0.2, 0.25) is 0 Å². The second-order valence-electron chi connectivity index (χ2n) is 6.41. The van der Waals surface area contributed by atoms with E-state index in [0.29, 0.717) is 11.5 Å². The summed E-state index contributed by atoms with van der Waals surface area (Å²) in [6.45, 7) is 9.55. The predicted octanol–water partition coefficient (Wildman–Crippen LogP) is 4.32. The number of rotatable bonds is 6. The lowest BCUT2D eigenvalue weighted by atomic mass is 9.69. The second kappa shape index (κ2) is 7.04. The van der Waals surface area contributed by atoms with Crippen LogP contribution in [0.3, 0.4) is 0 Å². The smallest absolute Gasteiger partial charge is 0.0132 e. The minimum absolute atomic E-state index is 0.551. The molecule has 0 saturated heterocycles. The Bertz CT molecular complexity index is 207. The van der Waals surface area contributed by atoms with Gasteiger partial charge in [-0.1, -0.05) is 27.2 Å². The standard InChI is InChI=1S/C15H31NS/c1-6-15(3,4)13-7-9-14(10-8-13)16-12(2)11-17-5/h12-14,16H,6-11H2,1-5H3. The Labute approximate surface area is 113 Å². The molecule has 1 fully saturated rings. The highest BCUT2D eigenvalue weighted by Crippen LogP contribution is 2.40. The fourth-order valence-electron chi connectivity index (χ4n) is 3.03. The van der Waals surface area contributed by atoms with Crippen molar-refractivity contribution in [3.05, 3.63) is 0 Å². The molecule has 0 radical (unpaired) electrons. The third kappa shape index (κ3) is 4.82. The van der Waals surface area contributed by atoms with E-state index in [1.54, 1.807) is 0 Å². The van der Waals surface area contributed by atoms with Crippen molar-refractivity contribution in [3.8, 4) is 0 Å². The van der Waals surface area contributed by atoms with Gasteiger partial charge in [-0.15, -0.1) is 0 Å². The number of thioether (sulfide) groups is 1. The van der Waals surface area contributed by atoms with Crippen LogP contribution < -0.4 is 5.32 Å². The molecular formula is C15H31NS. The molecule has 1 saturated carbocycles. The van der Waals surface area contributed by atoms with Crippen LogP contribution >= 0.6 is 11.8 Å². The maximum Gasteiger partial charge on any atom is 0.0132 e. The molecule has 0 aromatic heterocycles. The Morgan fingerprint density at radius 2 is 1.82 bits per heavy atom. The van der Waals surface area contributed by atoms with Crippen molar-refractivity contribution in [2.24, 2.45) is 11.3 Å². The van der Waals surface area contributed by atoms with Gasteiger partial charge in [-0.2, -0.15) is 11.8 Å². The van der Waals surface area contributed by atoms with Crippen LogP contribution in [0.1, 0.15) is 59.8 Å². The molecule has 1 atom stereocenters. The summed E-state index contributed by atoms with van der Waals surface area (Å²) >= 11 is 1.94. The van der Waals surface area contributed by atoms with Gasteiger partial charge in [0.25, 0.3) is 0 Å². The summed E-state index contributed by atoms with van der Waals surface area (Å²) in [6, 6.07) is 1.45. The summed E-state index contributed by atoms with van der Waals surface area (Å²) in [5.41, 5.74) is 0.551. The van der Waals surface area contributed by atoms with Gasteiger partial charge in [0.2, 0.25) is 0 Å². The number of hydrogen-bond donors (Lipinski definition) is 1. The fraction of sp³-hybridized carbons (Fsp3) is 1.00. The van der Waals surface area contributed by atoms with Crippen LogP contribution in [0.25, 0.3) is 0 Å². The third-order valence-electron chi connectivity index (χ3n) is 4.68. The van der Waals surface area contributed by atoms with Gasteiger partial charge in [-0.05, 0) is 50.2 Å². The van der Waals surface area contributed by atoms with Crippen molar-refractivity contribution >= 4 is 11.8 Å². The van der Waals surface area contributed by atoms with E-state index in [2.05, 4.69) is 39.3 Å². The van der Waals surface area contributed by atoms with Crippen molar-refractivity contribution in [1.82, 2.24) is 5.32 Å². The van der Waals surface area contributed by atoms with Crippen LogP contribution in [0, 0.1) is 11.3 Å². The molecule has 1 unspecified atom stereocenters. The van der Waals surface area contributed by atoms with E-state index in [0.717, 1.165) is 12.0 Å². The predicted molar refractivity (Wildman–Crippen MR) is 80.8 cm³/mol. The summed E-state index contributed by atoms with van der Waals surface area (Å²) in [5.74, 6) is 2.18. The van der Waals surface area contributed by atoms with Gasteiger partial charge in [0.05, 0.1) is 0 Å². The van der Waals surface area contributed by atoms with Gasteiger partial charge >= 0.3 is 0 Å². The molecular weight excluding hydrogens is 226 g/mol. The molecule has 102 valence electrons. The first-order valence-corrected chi connectivity index (χ1v) is 8.64. The maximum absolute atomic E-state index is 3.79. The lowest BCUT2D eigenvalue weighted by molar-refractivity contribution is 0.135. The van der Waals surface area contributed by atoms with Crippen molar-refractivity contribution < 1.29 is 0 Å². The van der Waals surface area contributed by atoms with Gasteiger partial charge in [-0.25, -0.2) is 0 Å². The zero-order valence-electron chi connectivity index (χ0n) is 12.4. The zero-order valence-corrected chi connectivity index (χ0v) is 13.2. The van der Waals surface area contributed by atoms with Crippen LogP contribution in [-0.2, 0) is 0 Å². The van der Waals surface area contributed by atoms with E-state index in [4.69, 9.17) is 0 Å². The van der Waals surface area contributed by atoms with E-state index < -0.39 is 0 Å². The minimum atomic E-state index is 0.551. The molecule has 0 amide bonds. The Morgan fingerprint density at radius 1 is 1.24 bits per heavy atom. The molecule has 1 rings (SSSR count). The van der Waals surface area contributed by atoms with Gasteiger partial charge in [0.15, 0.2) is 0 Å². The molecule has 0 heterocycles. The normalized spacial score (nSPS) is 28.1. The third-order valence-corrected chi connectivity index (χ3v) is 5.51. The Kier molecular flexibility index (Phi) is 6.36. The fourth-order valence-corrected chi connectivity index (χ4v) is 3.63.